The van der Waals surface area contributed by atoms with E-state index in [2.05, 4.69) is 11.4 Å². The number of benzene rings is 2. The molecule has 4 nitrogen and oxygen atoms in total. The fourth-order valence-electron chi connectivity index (χ4n) is 4.05. The summed E-state index contributed by atoms with van der Waals surface area (Å²) >= 11 is 5.78. The first-order chi connectivity index (χ1) is 13.7. The van der Waals surface area contributed by atoms with E-state index in [1.165, 1.54) is 6.07 Å². The Morgan fingerprint density at radius 3 is 2.62 bits per heavy atom. The van der Waals surface area contributed by atoms with Crippen LogP contribution in [0.2, 0.25) is 5.02 Å². The molecule has 1 fully saturated rings. The minimum absolute atomic E-state index is 0.0437. The number of hydrogen-bond donors (Lipinski definition) is 1. The number of nitrogens with one attached hydrogen (secondary N) is 1. The van der Waals surface area contributed by atoms with E-state index in [1.807, 2.05) is 32.0 Å². The summed E-state index contributed by atoms with van der Waals surface area (Å²) in [6.45, 7) is 5.18. The number of amides is 1. The van der Waals surface area contributed by atoms with Crippen LogP contribution >= 0.6 is 11.6 Å². The van der Waals surface area contributed by atoms with Crippen molar-refractivity contribution < 1.29 is 18.7 Å². The highest BCUT2D eigenvalue weighted by atomic mass is 35.5. The van der Waals surface area contributed by atoms with Gasteiger partial charge in [-0.2, -0.15) is 0 Å². The van der Waals surface area contributed by atoms with Gasteiger partial charge in [-0.05, 0) is 55.2 Å². The van der Waals surface area contributed by atoms with Crippen LogP contribution in [0.5, 0.6) is 5.75 Å². The van der Waals surface area contributed by atoms with E-state index in [9.17, 15) is 9.18 Å². The lowest BCUT2D eigenvalue weighted by molar-refractivity contribution is -0.131. The number of aryl methyl sites for hydroxylation is 1. The first kappa shape index (κ1) is 20.2. The van der Waals surface area contributed by atoms with Gasteiger partial charge in [0.2, 0.25) is 5.91 Å². The van der Waals surface area contributed by atoms with Crippen LogP contribution in [-0.4, -0.2) is 30.3 Å². The molecule has 1 saturated heterocycles. The number of ether oxygens (including phenoxy) is 2. The second kappa shape index (κ2) is 7.62. The van der Waals surface area contributed by atoms with E-state index in [1.54, 1.807) is 6.07 Å². The van der Waals surface area contributed by atoms with Crippen LogP contribution in [0.3, 0.4) is 0 Å². The lowest BCUT2D eigenvalue weighted by Gasteiger charge is -2.38. The van der Waals surface area contributed by atoms with E-state index >= 15 is 0 Å². The first-order valence-electron chi connectivity index (χ1n) is 9.87. The molecule has 0 aliphatic carbocycles. The van der Waals surface area contributed by atoms with Gasteiger partial charge in [0, 0.05) is 19.3 Å². The molecule has 2 aromatic rings. The van der Waals surface area contributed by atoms with E-state index in [0.717, 1.165) is 28.9 Å². The Bertz CT molecular complexity index is 944. The Kier molecular flexibility index (Phi) is 5.30. The summed E-state index contributed by atoms with van der Waals surface area (Å²) in [5.74, 6) is 0.488. The first-order valence-corrected chi connectivity index (χ1v) is 10.3. The van der Waals surface area contributed by atoms with Gasteiger partial charge in [-0.25, -0.2) is 4.39 Å². The molecule has 154 valence electrons. The third-order valence-corrected chi connectivity index (χ3v) is 5.84. The Balaban J connectivity index is 1.37. The van der Waals surface area contributed by atoms with Gasteiger partial charge >= 0.3 is 0 Å². The zero-order valence-corrected chi connectivity index (χ0v) is 17.4. The van der Waals surface area contributed by atoms with Gasteiger partial charge < -0.3 is 14.8 Å². The van der Waals surface area contributed by atoms with Crippen molar-refractivity contribution in [3.8, 4) is 5.75 Å². The molecule has 1 atom stereocenters. The highest BCUT2D eigenvalue weighted by molar-refractivity contribution is 6.30. The summed E-state index contributed by atoms with van der Waals surface area (Å²) in [5.41, 5.74) is 2.44. The molecule has 1 amide bonds. The van der Waals surface area contributed by atoms with Crippen LogP contribution < -0.4 is 10.1 Å². The highest BCUT2D eigenvalue weighted by Crippen LogP contribution is 2.38. The number of rotatable bonds is 6. The maximum Gasteiger partial charge on any atom is 0.220 e. The Morgan fingerprint density at radius 2 is 1.93 bits per heavy atom. The zero-order chi connectivity index (χ0) is 20.6. The molecule has 29 heavy (non-hydrogen) atoms. The average Bonchev–Trinajstić information content (AvgIpc) is 2.96. The SMILES string of the molecule is CC1(NC(=O)CCc2ccc3c(c2)C[C@](C)(Cc2ccc(Cl)c(F)c2)O3)COC1. The van der Waals surface area contributed by atoms with Gasteiger partial charge in [-0.1, -0.05) is 29.8 Å². The molecule has 0 aromatic heterocycles. The maximum atomic E-state index is 13.8. The quantitative estimate of drug-likeness (QED) is 0.764. The molecule has 0 unspecified atom stereocenters. The van der Waals surface area contributed by atoms with E-state index in [-0.39, 0.29) is 16.5 Å². The van der Waals surface area contributed by atoms with Crippen LogP contribution in [0.1, 0.15) is 37.0 Å². The minimum atomic E-state index is -0.433. The highest BCUT2D eigenvalue weighted by Gasteiger charge is 2.36. The molecule has 1 N–H and O–H groups in total. The van der Waals surface area contributed by atoms with Gasteiger partial charge in [-0.15, -0.1) is 0 Å². The van der Waals surface area contributed by atoms with Gasteiger partial charge in [0.1, 0.15) is 17.2 Å². The smallest absolute Gasteiger partial charge is 0.220 e. The summed E-state index contributed by atoms with van der Waals surface area (Å²) in [6, 6.07) is 11.0. The maximum absolute atomic E-state index is 13.8. The van der Waals surface area contributed by atoms with Crippen molar-refractivity contribution in [2.75, 3.05) is 13.2 Å². The summed E-state index contributed by atoms with van der Waals surface area (Å²) < 4.78 is 25.1. The minimum Gasteiger partial charge on any atom is -0.487 e. The summed E-state index contributed by atoms with van der Waals surface area (Å²) in [6.07, 6.45) is 2.45. The number of fused-ring (bicyclic) bond motifs is 1. The second-order valence-electron chi connectivity index (χ2n) is 8.70. The van der Waals surface area contributed by atoms with E-state index in [0.29, 0.717) is 32.5 Å². The van der Waals surface area contributed by atoms with Crippen molar-refractivity contribution in [2.24, 2.45) is 0 Å². The van der Waals surface area contributed by atoms with Crippen molar-refractivity contribution in [1.82, 2.24) is 5.32 Å². The number of carbonyl (C=O) groups is 1. The van der Waals surface area contributed by atoms with Crippen LogP contribution in [0, 0.1) is 5.82 Å². The standard InChI is InChI=1S/C23H25ClFNO3/c1-22(13-28-14-22)26-21(27)8-5-15-4-7-20-17(9-15)12-23(2,29-20)11-16-3-6-18(24)19(25)10-16/h3-4,6-7,9-10H,5,8,11-14H2,1-2H3,(H,26,27)/t23-/m0/s1. The second-order valence-corrected chi connectivity index (χ2v) is 9.10. The molecule has 4 rings (SSSR count). The molecule has 6 heteroatoms. The normalized spacial score (nSPS) is 21.8. The average molecular weight is 418 g/mol. The summed E-state index contributed by atoms with van der Waals surface area (Å²) in [5, 5.41) is 3.16. The molecule has 2 aromatic carbocycles. The topological polar surface area (TPSA) is 47.6 Å². The molecular formula is C23H25ClFNO3. The molecule has 2 heterocycles. The van der Waals surface area contributed by atoms with Gasteiger partial charge in [0.15, 0.2) is 0 Å². The number of halogens is 2. The zero-order valence-electron chi connectivity index (χ0n) is 16.7. The summed E-state index contributed by atoms with van der Waals surface area (Å²) in [4.78, 5) is 12.2. The molecule has 0 spiro atoms. The predicted molar refractivity (Wildman–Crippen MR) is 110 cm³/mol. The van der Waals surface area contributed by atoms with Crippen LogP contribution in [0.25, 0.3) is 0 Å². The van der Waals surface area contributed by atoms with Crippen molar-refractivity contribution in [1.29, 1.82) is 0 Å². The molecule has 0 saturated carbocycles. The van der Waals surface area contributed by atoms with E-state index in [4.69, 9.17) is 21.1 Å². The Labute approximate surface area is 175 Å². The Morgan fingerprint density at radius 1 is 1.17 bits per heavy atom. The molecular weight excluding hydrogens is 393 g/mol. The van der Waals surface area contributed by atoms with Gasteiger partial charge in [-0.3, -0.25) is 4.79 Å². The van der Waals surface area contributed by atoms with Gasteiger partial charge in [0.05, 0.1) is 23.8 Å². The van der Waals surface area contributed by atoms with Crippen LogP contribution in [-0.2, 0) is 28.8 Å². The van der Waals surface area contributed by atoms with Crippen molar-refractivity contribution in [2.45, 2.75) is 50.7 Å². The lowest BCUT2D eigenvalue weighted by atomic mass is 9.91. The number of hydrogen-bond acceptors (Lipinski definition) is 3. The largest absolute Gasteiger partial charge is 0.487 e. The molecule has 0 radical (unpaired) electrons. The lowest BCUT2D eigenvalue weighted by Crippen LogP contribution is -2.59. The predicted octanol–water partition coefficient (Wildman–Crippen LogP) is 4.25. The van der Waals surface area contributed by atoms with Crippen molar-refractivity contribution in [3.63, 3.8) is 0 Å². The molecule has 2 aliphatic heterocycles. The van der Waals surface area contributed by atoms with Crippen LogP contribution in [0.4, 0.5) is 4.39 Å². The van der Waals surface area contributed by atoms with Crippen molar-refractivity contribution >= 4 is 17.5 Å². The molecule has 0 bridgehead atoms. The third-order valence-electron chi connectivity index (χ3n) is 5.53. The van der Waals surface area contributed by atoms with E-state index < -0.39 is 11.4 Å². The fraction of sp³-hybridized carbons (Fsp3) is 0.435. The van der Waals surface area contributed by atoms with Crippen molar-refractivity contribution in [3.05, 3.63) is 63.9 Å². The monoisotopic (exact) mass is 417 g/mol. The Hall–Kier alpha value is -2.11. The number of carbonyl (C=O) groups excluding carboxylic acids is 1. The van der Waals surface area contributed by atoms with Crippen LogP contribution in [0.15, 0.2) is 36.4 Å². The fourth-order valence-corrected chi connectivity index (χ4v) is 4.17. The third kappa shape index (κ3) is 4.57. The molecule has 2 aliphatic rings. The summed E-state index contributed by atoms with van der Waals surface area (Å²) in [7, 11) is 0. The van der Waals surface area contributed by atoms with Gasteiger partial charge in [0.25, 0.3) is 0 Å².